The Hall–Kier alpha value is -0.990. The van der Waals surface area contributed by atoms with Crippen LogP contribution < -0.4 is 5.73 Å². The molecule has 0 bridgehead atoms. The molecule has 2 rings (SSSR count). The molecule has 3 heteroatoms. The van der Waals surface area contributed by atoms with Crippen molar-refractivity contribution in [1.82, 2.24) is 0 Å². The highest BCUT2D eigenvalue weighted by molar-refractivity contribution is 6.31. The molecule has 0 saturated heterocycles. The van der Waals surface area contributed by atoms with Crippen molar-refractivity contribution in [3.8, 4) is 0 Å². The zero-order valence-corrected chi connectivity index (χ0v) is 13.0. The van der Waals surface area contributed by atoms with E-state index in [2.05, 4.69) is 6.92 Å². The third-order valence-electron chi connectivity index (χ3n) is 3.73. The summed E-state index contributed by atoms with van der Waals surface area (Å²) < 4.78 is 5.80. The molecule has 0 aliphatic heterocycles. The van der Waals surface area contributed by atoms with Crippen LogP contribution in [-0.2, 0) is 0 Å². The van der Waals surface area contributed by atoms with E-state index in [0.29, 0.717) is 0 Å². The van der Waals surface area contributed by atoms with Crippen LogP contribution in [0.25, 0.3) is 11.0 Å². The number of benzene rings is 1. The fourth-order valence-corrected chi connectivity index (χ4v) is 2.68. The van der Waals surface area contributed by atoms with Gasteiger partial charge in [0, 0.05) is 10.4 Å². The molecule has 0 aliphatic carbocycles. The average Bonchev–Trinajstić information content (AvgIpc) is 2.85. The van der Waals surface area contributed by atoms with Gasteiger partial charge in [0.1, 0.15) is 11.3 Å². The second-order valence-corrected chi connectivity index (χ2v) is 5.93. The molecular weight excluding hydrogens is 270 g/mol. The molecule has 1 atom stereocenters. The minimum absolute atomic E-state index is 0.00708. The van der Waals surface area contributed by atoms with Crippen molar-refractivity contribution in [3.63, 3.8) is 0 Å². The molecule has 1 aromatic heterocycles. The Morgan fingerprint density at radius 2 is 1.85 bits per heavy atom. The van der Waals surface area contributed by atoms with Crippen LogP contribution in [0.3, 0.4) is 0 Å². The van der Waals surface area contributed by atoms with Crippen LogP contribution in [-0.4, -0.2) is 0 Å². The lowest BCUT2D eigenvalue weighted by Crippen LogP contribution is -2.08. The topological polar surface area (TPSA) is 39.2 Å². The van der Waals surface area contributed by atoms with Crippen molar-refractivity contribution in [2.24, 2.45) is 5.73 Å². The number of furan rings is 1. The molecular formula is C17H24ClNO. The molecule has 0 spiro atoms. The van der Waals surface area contributed by atoms with Crippen molar-refractivity contribution in [3.05, 3.63) is 35.0 Å². The lowest BCUT2D eigenvalue weighted by atomic mass is 10.0. The summed E-state index contributed by atoms with van der Waals surface area (Å²) in [5.74, 6) is 0.871. The molecule has 2 aromatic rings. The number of rotatable bonds is 8. The average molecular weight is 294 g/mol. The van der Waals surface area contributed by atoms with Crippen LogP contribution in [0.1, 0.15) is 63.7 Å². The molecule has 1 unspecified atom stereocenters. The summed E-state index contributed by atoms with van der Waals surface area (Å²) in [7, 11) is 0. The first-order valence-corrected chi connectivity index (χ1v) is 8.03. The Balaban J connectivity index is 1.83. The fraction of sp³-hybridized carbons (Fsp3) is 0.529. The molecule has 0 saturated carbocycles. The maximum Gasteiger partial charge on any atom is 0.134 e. The maximum absolute atomic E-state index is 6.21. The highest BCUT2D eigenvalue weighted by Crippen LogP contribution is 2.27. The number of nitrogens with two attached hydrogens (primary N) is 1. The highest BCUT2D eigenvalue weighted by atomic mass is 35.5. The number of halogens is 1. The number of fused-ring (bicyclic) bond motifs is 1. The Kier molecular flexibility index (Phi) is 5.93. The van der Waals surface area contributed by atoms with Crippen LogP contribution in [0.15, 0.2) is 28.7 Å². The van der Waals surface area contributed by atoms with E-state index in [1.807, 2.05) is 24.3 Å². The van der Waals surface area contributed by atoms with E-state index >= 15 is 0 Å². The van der Waals surface area contributed by atoms with E-state index in [1.165, 1.54) is 38.5 Å². The van der Waals surface area contributed by atoms with E-state index in [4.69, 9.17) is 21.8 Å². The third kappa shape index (κ3) is 4.26. The third-order valence-corrected chi connectivity index (χ3v) is 3.97. The lowest BCUT2D eigenvalue weighted by Gasteiger charge is -2.08. The Morgan fingerprint density at radius 3 is 2.65 bits per heavy atom. The predicted octanol–water partition coefficient (Wildman–Crippen LogP) is 5.84. The molecule has 1 heterocycles. The summed E-state index contributed by atoms with van der Waals surface area (Å²) in [5, 5.41) is 1.76. The molecule has 110 valence electrons. The smallest absolute Gasteiger partial charge is 0.134 e. The van der Waals surface area contributed by atoms with Crippen LogP contribution in [0.4, 0.5) is 0 Å². The highest BCUT2D eigenvalue weighted by Gasteiger charge is 2.12. The first-order valence-electron chi connectivity index (χ1n) is 7.65. The van der Waals surface area contributed by atoms with Gasteiger partial charge in [-0.2, -0.15) is 0 Å². The minimum Gasteiger partial charge on any atom is -0.459 e. The fourth-order valence-electron chi connectivity index (χ4n) is 2.50. The standard InChI is InChI=1S/C17H24ClNO/c1-2-3-4-5-6-7-8-15(19)17-12-13-11-14(18)9-10-16(13)20-17/h9-12,15H,2-8,19H2,1H3. The second kappa shape index (κ2) is 7.70. The Bertz CT molecular complexity index is 535. The Labute approximate surface area is 126 Å². The van der Waals surface area contributed by atoms with Crippen LogP contribution >= 0.6 is 11.6 Å². The van der Waals surface area contributed by atoms with Crippen LogP contribution in [0.2, 0.25) is 5.02 Å². The summed E-state index contributed by atoms with van der Waals surface area (Å²) in [5.41, 5.74) is 7.07. The van der Waals surface area contributed by atoms with Crippen molar-refractivity contribution < 1.29 is 4.42 Å². The maximum atomic E-state index is 6.21. The van der Waals surface area contributed by atoms with Gasteiger partial charge >= 0.3 is 0 Å². The molecule has 2 nitrogen and oxygen atoms in total. The summed E-state index contributed by atoms with van der Waals surface area (Å²) in [6.45, 7) is 2.24. The zero-order valence-electron chi connectivity index (χ0n) is 12.2. The van der Waals surface area contributed by atoms with Crippen molar-refractivity contribution >= 4 is 22.6 Å². The summed E-state index contributed by atoms with van der Waals surface area (Å²) in [4.78, 5) is 0. The van der Waals surface area contributed by atoms with Gasteiger partial charge in [0.25, 0.3) is 0 Å². The molecule has 0 radical (unpaired) electrons. The zero-order chi connectivity index (χ0) is 14.4. The normalized spacial score (nSPS) is 12.9. The van der Waals surface area contributed by atoms with Crippen molar-refractivity contribution in [2.75, 3.05) is 0 Å². The van der Waals surface area contributed by atoms with E-state index in [1.54, 1.807) is 0 Å². The number of hydrogen-bond donors (Lipinski definition) is 1. The molecule has 2 N–H and O–H groups in total. The largest absolute Gasteiger partial charge is 0.459 e. The molecule has 0 amide bonds. The molecule has 20 heavy (non-hydrogen) atoms. The molecule has 0 fully saturated rings. The predicted molar refractivity (Wildman–Crippen MR) is 86.1 cm³/mol. The van der Waals surface area contributed by atoms with Crippen LogP contribution in [0.5, 0.6) is 0 Å². The number of unbranched alkanes of at least 4 members (excludes halogenated alkanes) is 5. The van der Waals surface area contributed by atoms with Crippen molar-refractivity contribution in [2.45, 2.75) is 57.9 Å². The van der Waals surface area contributed by atoms with Gasteiger partial charge in [-0.3, -0.25) is 0 Å². The number of hydrogen-bond acceptors (Lipinski definition) is 2. The minimum atomic E-state index is -0.00708. The SMILES string of the molecule is CCCCCCCCC(N)c1cc2cc(Cl)ccc2o1. The Morgan fingerprint density at radius 1 is 1.10 bits per heavy atom. The van der Waals surface area contributed by atoms with Gasteiger partial charge < -0.3 is 10.2 Å². The first-order chi connectivity index (χ1) is 9.70. The molecule has 0 aliphatic rings. The lowest BCUT2D eigenvalue weighted by molar-refractivity contribution is 0.459. The van der Waals surface area contributed by atoms with Gasteiger partial charge in [-0.05, 0) is 30.7 Å². The molecule has 1 aromatic carbocycles. The van der Waals surface area contributed by atoms with Gasteiger partial charge in [-0.15, -0.1) is 0 Å². The van der Waals surface area contributed by atoms with Gasteiger partial charge in [-0.1, -0.05) is 57.0 Å². The van der Waals surface area contributed by atoms with Crippen LogP contribution in [0, 0.1) is 0 Å². The van der Waals surface area contributed by atoms with E-state index < -0.39 is 0 Å². The van der Waals surface area contributed by atoms with Gasteiger partial charge in [0.2, 0.25) is 0 Å². The summed E-state index contributed by atoms with van der Waals surface area (Å²) >= 11 is 5.98. The first kappa shape index (κ1) is 15.4. The summed E-state index contributed by atoms with van der Waals surface area (Å²) in [6.07, 6.45) is 8.71. The quantitative estimate of drug-likeness (QED) is 0.621. The van der Waals surface area contributed by atoms with E-state index in [-0.39, 0.29) is 6.04 Å². The second-order valence-electron chi connectivity index (χ2n) is 5.49. The summed E-state index contributed by atoms with van der Waals surface area (Å²) in [6, 6.07) is 7.67. The van der Waals surface area contributed by atoms with E-state index in [9.17, 15) is 0 Å². The van der Waals surface area contributed by atoms with Crippen molar-refractivity contribution in [1.29, 1.82) is 0 Å². The van der Waals surface area contributed by atoms with Gasteiger partial charge in [0.05, 0.1) is 6.04 Å². The van der Waals surface area contributed by atoms with Gasteiger partial charge in [-0.25, -0.2) is 0 Å². The van der Waals surface area contributed by atoms with Gasteiger partial charge in [0.15, 0.2) is 0 Å². The van der Waals surface area contributed by atoms with E-state index in [0.717, 1.165) is 28.2 Å². The monoisotopic (exact) mass is 293 g/mol.